The number of carbonyl (C=O) groups excluding carboxylic acids is 1. The van der Waals surface area contributed by atoms with Crippen molar-refractivity contribution in [1.29, 1.82) is 5.41 Å². The number of aromatic nitrogens is 2. The Morgan fingerprint density at radius 2 is 1.85 bits per heavy atom. The van der Waals surface area contributed by atoms with E-state index in [1.807, 2.05) is 59.5 Å². The Morgan fingerprint density at radius 3 is 2.64 bits per heavy atom. The summed E-state index contributed by atoms with van der Waals surface area (Å²) in [7, 11) is 0. The molecule has 11 heteroatoms. The van der Waals surface area contributed by atoms with Crippen LogP contribution in [0.1, 0.15) is 29.9 Å². The first kappa shape index (κ1) is 24.8. The number of aliphatic imine (C=N–C) groups is 1. The number of nitrogens with zero attached hydrogens (tertiary/aromatic N) is 4. The number of hydrogen-bond donors (Lipinski definition) is 4. The van der Waals surface area contributed by atoms with Gasteiger partial charge in [-0.2, -0.15) is 0 Å². The number of para-hydroxylation sites is 1. The number of benzene rings is 2. The van der Waals surface area contributed by atoms with E-state index in [4.69, 9.17) is 19.6 Å². The van der Waals surface area contributed by atoms with Crippen molar-refractivity contribution in [2.24, 2.45) is 10.9 Å². The van der Waals surface area contributed by atoms with Gasteiger partial charge in [0.1, 0.15) is 5.84 Å². The summed E-state index contributed by atoms with van der Waals surface area (Å²) in [4.78, 5) is 19.9. The third-order valence-electron chi connectivity index (χ3n) is 6.84. The van der Waals surface area contributed by atoms with E-state index >= 15 is 0 Å². The highest BCUT2D eigenvalue weighted by molar-refractivity contribution is 6.20. The SMILES string of the molecule is N=C(/C(=C\NCC1CC1)c1nnc(NC2N=C(c3ccccc3)c3ccccc3NC2=O)o1)N1CCOCC1. The summed E-state index contributed by atoms with van der Waals surface area (Å²) in [6.45, 7) is 3.17. The summed E-state index contributed by atoms with van der Waals surface area (Å²) in [6.07, 6.45) is 3.18. The number of nitrogens with one attached hydrogen (secondary N) is 4. The van der Waals surface area contributed by atoms with Gasteiger partial charge in [-0.1, -0.05) is 53.6 Å². The van der Waals surface area contributed by atoms with Crippen LogP contribution in [0.5, 0.6) is 0 Å². The minimum absolute atomic E-state index is 0.0372. The second-order valence-electron chi connectivity index (χ2n) is 9.70. The Balaban J connectivity index is 1.27. The van der Waals surface area contributed by atoms with Gasteiger partial charge in [-0.05, 0) is 24.8 Å². The molecule has 2 aromatic carbocycles. The smallest absolute Gasteiger partial charge is 0.317 e. The number of benzodiazepines with no additional fused rings is 1. The number of morpholine rings is 1. The zero-order valence-electron chi connectivity index (χ0n) is 21.4. The van der Waals surface area contributed by atoms with Crippen molar-refractivity contribution in [3.63, 3.8) is 0 Å². The van der Waals surface area contributed by atoms with Gasteiger partial charge in [0, 0.05) is 37.0 Å². The number of fused-ring (bicyclic) bond motifs is 1. The summed E-state index contributed by atoms with van der Waals surface area (Å²) in [5.41, 5.74) is 3.53. The van der Waals surface area contributed by atoms with Gasteiger partial charge in [0.05, 0.1) is 30.2 Å². The molecule has 1 aliphatic carbocycles. The largest absolute Gasteiger partial charge is 0.403 e. The van der Waals surface area contributed by atoms with E-state index < -0.39 is 6.17 Å². The van der Waals surface area contributed by atoms with E-state index in [0.29, 0.717) is 49.2 Å². The lowest BCUT2D eigenvalue weighted by atomic mass is 10.0. The fourth-order valence-corrected chi connectivity index (χ4v) is 4.53. The van der Waals surface area contributed by atoms with Gasteiger partial charge < -0.3 is 30.0 Å². The van der Waals surface area contributed by atoms with Crippen LogP contribution in [0.15, 0.2) is 70.2 Å². The van der Waals surface area contributed by atoms with E-state index in [-0.39, 0.29) is 23.6 Å². The normalized spacial score (nSPS) is 19.4. The van der Waals surface area contributed by atoms with Gasteiger partial charge in [0.15, 0.2) is 0 Å². The average Bonchev–Trinajstić information content (AvgIpc) is 3.72. The molecule has 200 valence electrons. The monoisotopic (exact) mass is 526 g/mol. The van der Waals surface area contributed by atoms with E-state index in [9.17, 15) is 4.79 Å². The molecule has 1 saturated heterocycles. The summed E-state index contributed by atoms with van der Waals surface area (Å²) in [5.74, 6) is 0.774. The molecule has 1 aromatic heterocycles. The third kappa shape index (κ3) is 5.68. The second-order valence-corrected chi connectivity index (χ2v) is 9.70. The van der Waals surface area contributed by atoms with Gasteiger partial charge >= 0.3 is 6.01 Å². The van der Waals surface area contributed by atoms with Crippen molar-refractivity contribution in [3.8, 4) is 0 Å². The maximum atomic E-state index is 13.2. The number of amidine groups is 1. The minimum atomic E-state index is -1.01. The number of hydrogen-bond acceptors (Lipinski definition) is 9. The maximum absolute atomic E-state index is 13.2. The maximum Gasteiger partial charge on any atom is 0.317 e. The molecule has 2 aliphatic heterocycles. The quantitative estimate of drug-likeness (QED) is 0.259. The number of amides is 1. The van der Waals surface area contributed by atoms with Gasteiger partial charge in [-0.3, -0.25) is 10.2 Å². The average molecular weight is 527 g/mol. The highest BCUT2D eigenvalue weighted by Crippen LogP contribution is 2.28. The lowest BCUT2D eigenvalue weighted by Crippen LogP contribution is -2.41. The van der Waals surface area contributed by atoms with Crippen molar-refractivity contribution in [3.05, 3.63) is 77.8 Å². The lowest BCUT2D eigenvalue weighted by molar-refractivity contribution is -0.116. The highest BCUT2D eigenvalue weighted by atomic mass is 16.5. The van der Waals surface area contributed by atoms with Crippen molar-refractivity contribution >= 4 is 34.7 Å². The van der Waals surface area contributed by atoms with Crippen molar-refractivity contribution < 1.29 is 13.9 Å². The molecule has 0 bridgehead atoms. The molecule has 3 aliphatic rings. The summed E-state index contributed by atoms with van der Waals surface area (Å²) in [6, 6.07) is 17.3. The number of anilines is 2. The second kappa shape index (κ2) is 11.1. The van der Waals surface area contributed by atoms with Crippen molar-refractivity contribution in [2.45, 2.75) is 19.0 Å². The Morgan fingerprint density at radius 1 is 1.08 bits per heavy atom. The van der Waals surface area contributed by atoms with Gasteiger partial charge in [0.2, 0.25) is 6.17 Å². The van der Waals surface area contributed by atoms with Crippen molar-refractivity contribution in [1.82, 2.24) is 20.4 Å². The van der Waals surface area contributed by atoms with Crippen LogP contribution in [0.4, 0.5) is 11.7 Å². The van der Waals surface area contributed by atoms with Gasteiger partial charge in [-0.15, -0.1) is 5.10 Å². The molecule has 11 nitrogen and oxygen atoms in total. The predicted octanol–water partition coefficient (Wildman–Crippen LogP) is 2.95. The fraction of sp³-hybridized carbons (Fsp3) is 0.321. The fourth-order valence-electron chi connectivity index (χ4n) is 4.53. The highest BCUT2D eigenvalue weighted by Gasteiger charge is 2.28. The zero-order chi connectivity index (χ0) is 26.6. The first-order valence-corrected chi connectivity index (χ1v) is 13.1. The van der Waals surface area contributed by atoms with Crippen LogP contribution in [0.25, 0.3) is 5.57 Å². The van der Waals surface area contributed by atoms with Crippen LogP contribution in [0.3, 0.4) is 0 Å². The zero-order valence-corrected chi connectivity index (χ0v) is 21.4. The standard InChI is InChI=1S/C28H30N8O3/c29-24(36-12-14-38-15-13-36)21(17-30-16-18-10-11-18)27-34-35-28(39-27)33-25-26(37)31-22-9-5-4-8-20(22)23(32-25)19-6-2-1-3-7-19/h1-9,17-18,25,29-30H,10-16H2,(H,31,37)(H,33,35)/b21-17+,29-24?. The first-order chi connectivity index (χ1) is 19.2. The molecule has 1 saturated carbocycles. The summed E-state index contributed by atoms with van der Waals surface area (Å²) in [5, 5.41) is 26.4. The number of rotatable bonds is 8. The van der Waals surface area contributed by atoms with Crippen LogP contribution in [-0.2, 0) is 9.53 Å². The summed E-state index contributed by atoms with van der Waals surface area (Å²) >= 11 is 0. The Bertz CT molecular complexity index is 1410. The molecule has 1 unspecified atom stereocenters. The molecule has 2 fully saturated rings. The van der Waals surface area contributed by atoms with Crippen LogP contribution in [0.2, 0.25) is 0 Å². The van der Waals surface area contributed by atoms with E-state index in [1.54, 1.807) is 6.20 Å². The molecule has 39 heavy (non-hydrogen) atoms. The Kier molecular flexibility index (Phi) is 7.05. The minimum Gasteiger partial charge on any atom is -0.403 e. The van der Waals surface area contributed by atoms with Crippen LogP contribution < -0.4 is 16.0 Å². The molecule has 4 N–H and O–H groups in total. The molecule has 1 amide bonds. The van der Waals surface area contributed by atoms with Crippen molar-refractivity contribution in [2.75, 3.05) is 43.5 Å². The van der Waals surface area contributed by atoms with Gasteiger partial charge in [-0.25, -0.2) is 4.99 Å². The molecular formula is C28H30N8O3. The van der Waals surface area contributed by atoms with Crippen LogP contribution in [0, 0.1) is 11.3 Å². The number of ether oxygens (including phenoxy) is 1. The molecular weight excluding hydrogens is 496 g/mol. The predicted molar refractivity (Wildman–Crippen MR) is 148 cm³/mol. The van der Waals surface area contributed by atoms with Crippen LogP contribution in [-0.4, -0.2) is 71.6 Å². The van der Waals surface area contributed by atoms with E-state index in [0.717, 1.165) is 17.7 Å². The molecule has 0 radical (unpaired) electrons. The molecule has 0 spiro atoms. The van der Waals surface area contributed by atoms with E-state index in [2.05, 4.69) is 26.1 Å². The molecule has 6 rings (SSSR count). The summed E-state index contributed by atoms with van der Waals surface area (Å²) < 4.78 is 11.4. The first-order valence-electron chi connectivity index (χ1n) is 13.1. The Labute approximate surface area is 225 Å². The third-order valence-corrected chi connectivity index (χ3v) is 6.84. The van der Waals surface area contributed by atoms with Crippen LogP contribution >= 0.6 is 0 Å². The molecule has 3 aromatic rings. The number of carbonyl (C=O) groups is 1. The molecule has 1 atom stereocenters. The van der Waals surface area contributed by atoms with Gasteiger partial charge in [0.25, 0.3) is 11.8 Å². The Hall–Kier alpha value is -4.51. The molecule has 3 heterocycles. The lowest BCUT2D eigenvalue weighted by Gasteiger charge is -2.29. The topological polar surface area (TPSA) is 141 Å². The van der Waals surface area contributed by atoms with E-state index in [1.165, 1.54) is 12.8 Å².